The summed E-state index contributed by atoms with van der Waals surface area (Å²) >= 11 is 5.02. The molecule has 2 N–H and O–H groups in total. The van der Waals surface area contributed by atoms with E-state index in [-0.39, 0.29) is 5.91 Å². The monoisotopic (exact) mass is 328 g/mol. The summed E-state index contributed by atoms with van der Waals surface area (Å²) < 4.78 is 6.22. The summed E-state index contributed by atoms with van der Waals surface area (Å²) in [5.41, 5.74) is 5.98. The first kappa shape index (κ1) is 13.3. The molecule has 6 heteroatoms. The van der Waals surface area contributed by atoms with Crippen molar-refractivity contribution >= 4 is 33.2 Å². The van der Waals surface area contributed by atoms with Gasteiger partial charge in [0.15, 0.2) is 0 Å². The van der Waals surface area contributed by atoms with Crippen LogP contribution in [0.5, 0.6) is 0 Å². The standard InChI is InChI=1S/C12H13BrN2O2S/c1-15(6-10-2-3-11(13)18-10)12(16)8-4-9(5-14)17-7-8/h2-4,7H,5-6,14H2,1H3. The number of thiophene rings is 1. The van der Waals surface area contributed by atoms with Crippen molar-refractivity contribution < 1.29 is 9.21 Å². The van der Waals surface area contributed by atoms with Crippen molar-refractivity contribution in [3.63, 3.8) is 0 Å². The number of hydrogen-bond acceptors (Lipinski definition) is 4. The quantitative estimate of drug-likeness (QED) is 0.938. The number of hydrogen-bond donors (Lipinski definition) is 1. The van der Waals surface area contributed by atoms with Crippen LogP contribution in [0, 0.1) is 0 Å². The van der Waals surface area contributed by atoms with E-state index in [0.717, 1.165) is 8.66 Å². The zero-order valence-electron chi connectivity index (χ0n) is 9.85. The highest BCUT2D eigenvalue weighted by molar-refractivity contribution is 9.11. The topological polar surface area (TPSA) is 59.5 Å². The Hall–Kier alpha value is -1.11. The van der Waals surface area contributed by atoms with Gasteiger partial charge < -0.3 is 15.1 Å². The lowest BCUT2D eigenvalue weighted by molar-refractivity contribution is 0.0786. The van der Waals surface area contributed by atoms with E-state index in [1.807, 2.05) is 12.1 Å². The first-order chi connectivity index (χ1) is 8.60. The van der Waals surface area contributed by atoms with Gasteiger partial charge in [-0.2, -0.15) is 0 Å². The first-order valence-electron chi connectivity index (χ1n) is 5.37. The van der Waals surface area contributed by atoms with Crippen LogP contribution in [0.1, 0.15) is 21.0 Å². The fraction of sp³-hybridized carbons (Fsp3) is 0.250. The van der Waals surface area contributed by atoms with Crippen LogP contribution in [0.4, 0.5) is 0 Å². The molecule has 2 heterocycles. The molecule has 18 heavy (non-hydrogen) atoms. The largest absolute Gasteiger partial charge is 0.467 e. The van der Waals surface area contributed by atoms with E-state index in [1.165, 1.54) is 6.26 Å². The molecule has 0 aliphatic rings. The van der Waals surface area contributed by atoms with Crippen molar-refractivity contribution in [1.29, 1.82) is 0 Å². The second kappa shape index (κ2) is 5.69. The van der Waals surface area contributed by atoms with E-state index >= 15 is 0 Å². The second-order valence-electron chi connectivity index (χ2n) is 3.87. The van der Waals surface area contributed by atoms with E-state index in [2.05, 4.69) is 15.9 Å². The fourth-order valence-electron chi connectivity index (χ4n) is 1.56. The van der Waals surface area contributed by atoms with Crippen LogP contribution in [0.3, 0.4) is 0 Å². The first-order valence-corrected chi connectivity index (χ1v) is 6.98. The molecule has 0 unspecified atom stereocenters. The Labute approximate surface area is 118 Å². The molecule has 4 nitrogen and oxygen atoms in total. The van der Waals surface area contributed by atoms with Gasteiger partial charge in [0.05, 0.1) is 22.4 Å². The molecule has 0 aliphatic carbocycles. The Bertz CT molecular complexity index is 550. The van der Waals surface area contributed by atoms with Crippen LogP contribution in [0.2, 0.25) is 0 Å². The minimum absolute atomic E-state index is 0.0667. The molecule has 0 aliphatic heterocycles. The van der Waals surface area contributed by atoms with Crippen molar-refractivity contribution in [1.82, 2.24) is 4.90 Å². The van der Waals surface area contributed by atoms with Crippen LogP contribution in [-0.4, -0.2) is 17.9 Å². The lowest BCUT2D eigenvalue weighted by atomic mass is 10.2. The number of nitrogens with zero attached hydrogens (tertiary/aromatic N) is 1. The van der Waals surface area contributed by atoms with E-state index in [4.69, 9.17) is 10.2 Å². The average molecular weight is 329 g/mol. The number of nitrogens with two attached hydrogens (primary N) is 1. The number of amides is 1. The highest BCUT2D eigenvalue weighted by Crippen LogP contribution is 2.23. The summed E-state index contributed by atoms with van der Waals surface area (Å²) in [6.45, 7) is 0.882. The summed E-state index contributed by atoms with van der Waals surface area (Å²) in [7, 11) is 1.77. The molecule has 0 saturated carbocycles. The van der Waals surface area contributed by atoms with Crippen LogP contribution < -0.4 is 5.73 Å². The Morgan fingerprint density at radius 3 is 2.89 bits per heavy atom. The molecule has 2 rings (SSSR count). The van der Waals surface area contributed by atoms with Gasteiger partial charge in [-0.15, -0.1) is 11.3 Å². The van der Waals surface area contributed by atoms with Gasteiger partial charge in [-0.3, -0.25) is 4.79 Å². The summed E-state index contributed by atoms with van der Waals surface area (Å²) in [4.78, 5) is 14.9. The summed E-state index contributed by atoms with van der Waals surface area (Å²) in [6, 6.07) is 5.66. The van der Waals surface area contributed by atoms with Crippen molar-refractivity contribution in [2.45, 2.75) is 13.1 Å². The van der Waals surface area contributed by atoms with Crippen LogP contribution in [0.15, 0.2) is 32.7 Å². The molecule has 0 bridgehead atoms. The van der Waals surface area contributed by atoms with Gasteiger partial charge in [-0.05, 0) is 34.1 Å². The van der Waals surface area contributed by atoms with E-state index in [9.17, 15) is 4.79 Å². The van der Waals surface area contributed by atoms with Gasteiger partial charge in [0, 0.05) is 11.9 Å². The van der Waals surface area contributed by atoms with Gasteiger partial charge >= 0.3 is 0 Å². The summed E-state index contributed by atoms with van der Waals surface area (Å²) in [5.74, 6) is 0.550. The number of rotatable bonds is 4. The zero-order chi connectivity index (χ0) is 13.1. The normalized spacial score (nSPS) is 10.6. The Balaban J connectivity index is 2.04. The number of furan rings is 1. The van der Waals surface area contributed by atoms with Gasteiger partial charge in [0.1, 0.15) is 12.0 Å². The maximum atomic E-state index is 12.1. The van der Waals surface area contributed by atoms with Crippen molar-refractivity contribution in [3.05, 3.63) is 44.4 Å². The molecule has 0 spiro atoms. The predicted octanol–water partition coefficient (Wildman–Crippen LogP) is 2.83. The smallest absolute Gasteiger partial charge is 0.257 e. The van der Waals surface area contributed by atoms with Gasteiger partial charge in [-0.1, -0.05) is 0 Å². The Morgan fingerprint density at radius 2 is 2.33 bits per heavy atom. The molecule has 96 valence electrons. The Kier molecular flexibility index (Phi) is 4.21. The molecule has 2 aromatic rings. The third-order valence-corrected chi connectivity index (χ3v) is 4.08. The number of halogens is 1. The molecule has 0 fully saturated rings. The molecule has 0 radical (unpaired) electrons. The lowest BCUT2D eigenvalue weighted by Gasteiger charge is -2.14. The predicted molar refractivity (Wildman–Crippen MR) is 74.4 cm³/mol. The molecular formula is C12H13BrN2O2S. The minimum Gasteiger partial charge on any atom is -0.467 e. The third-order valence-electron chi connectivity index (χ3n) is 2.47. The van der Waals surface area contributed by atoms with Crippen LogP contribution in [0.25, 0.3) is 0 Å². The molecule has 2 aromatic heterocycles. The maximum absolute atomic E-state index is 12.1. The molecule has 0 saturated heterocycles. The van der Waals surface area contributed by atoms with Gasteiger partial charge in [-0.25, -0.2) is 0 Å². The van der Waals surface area contributed by atoms with E-state index < -0.39 is 0 Å². The molecule has 0 aromatic carbocycles. The third kappa shape index (κ3) is 3.01. The Morgan fingerprint density at radius 1 is 1.56 bits per heavy atom. The SMILES string of the molecule is CN(Cc1ccc(Br)s1)C(=O)c1coc(CN)c1. The summed E-state index contributed by atoms with van der Waals surface area (Å²) in [5, 5.41) is 0. The van der Waals surface area contributed by atoms with Crippen molar-refractivity contribution in [2.24, 2.45) is 5.73 Å². The average Bonchev–Trinajstić information content (AvgIpc) is 2.97. The van der Waals surface area contributed by atoms with Crippen molar-refractivity contribution in [3.8, 4) is 0 Å². The summed E-state index contributed by atoms with van der Waals surface area (Å²) in [6.07, 6.45) is 1.45. The van der Waals surface area contributed by atoms with Gasteiger partial charge in [0.25, 0.3) is 5.91 Å². The molecule has 0 atom stereocenters. The minimum atomic E-state index is -0.0667. The van der Waals surface area contributed by atoms with E-state index in [1.54, 1.807) is 29.4 Å². The maximum Gasteiger partial charge on any atom is 0.257 e. The molecule has 1 amide bonds. The van der Waals surface area contributed by atoms with Crippen molar-refractivity contribution in [2.75, 3.05) is 7.05 Å². The number of carbonyl (C=O) groups is 1. The highest BCUT2D eigenvalue weighted by atomic mass is 79.9. The zero-order valence-corrected chi connectivity index (χ0v) is 12.3. The highest BCUT2D eigenvalue weighted by Gasteiger charge is 2.15. The van der Waals surface area contributed by atoms with Crippen LogP contribution in [-0.2, 0) is 13.1 Å². The number of carbonyl (C=O) groups excluding carboxylic acids is 1. The van der Waals surface area contributed by atoms with Crippen LogP contribution >= 0.6 is 27.3 Å². The van der Waals surface area contributed by atoms with E-state index in [0.29, 0.717) is 24.4 Å². The fourth-order valence-corrected chi connectivity index (χ4v) is 3.10. The van der Waals surface area contributed by atoms with Gasteiger partial charge in [0.2, 0.25) is 0 Å². The molecular weight excluding hydrogens is 316 g/mol. The lowest BCUT2D eigenvalue weighted by Crippen LogP contribution is -2.25. The second-order valence-corrected chi connectivity index (χ2v) is 6.42.